The minimum atomic E-state index is -1.38. The minimum absolute atomic E-state index is 0.109. The van der Waals surface area contributed by atoms with Crippen LogP contribution in [0.3, 0.4) is 0 Å². The molecule has 19 heavy (non-hydrogen) atoms. The van der Waals surface area contributed by atoms with Gasteiger partial charge in [0.05, 0.1) is 0 Å². The van der Waals surface area contributed by atoms with Gasteiger partial charge in [-0.2, -0.15) is 0 Å². The van der Waals surface area contributed by atoms with Gasteiger partial charge in [0, 0.05) is 26.1 Å². The van der Waals surface area contributed by atoms with E-state index in [0.717, 1.165) is 0 Å². The third-order valence-electron chi connectivity index (χ3n) is 3.59. The molecule has 1 aliphatic heterocycles. The van der Waals surface area contributed by atoms with Crippen molar-refractivity contribution in [1.29, 1.82) is 0 Å². The summed E-state index contributed by atoms with van der Waals surface area (Å²) in [4.78, 5) is 16.8. The van der Waals surface area contributed by atoms with Gasteiger partial charge in [0.15, 0.2) is 5.96 Å². The van der Waals surface area contributed by atoms with Crippen molar-refractivity contribution < 1.29 is 19.9 Å². The largest absolute Gasteiger partial charge is 0.480 e. The maximum absolute atomic E-state index is 11.4. The Bertz CT molecular complexity index is 365. The summed E-state index contributed by atoms with van der Waals surface area (Å²) in [6, 6.07) is 0. The van der Waals surface area contributed by atoms with E-state index >= 15 is 0 Å². The number of carbonyl (C=O) groups is 1. The summed E-state index contributed by atoms with van der Waals surface area (Å²) in [6.45, 7) is 0.519. The van der Waals surface area contributed by atoms with Crippen molar-refractivity contribution in [3.8, 4) is 0 Å². The molecule has 0 aromatic carbocycles. The van der Waals surface area contributed by atoms with Crippen molar-refractivity contribution in [2.24, 2.45) is 22.4 Å². The van der Waals surface area contributed by atoms with Crippen LogP contribution in [0.15, 0.2) is 4.99 Å². The van der Waals surface area contributed by atoms with Gasteiger partial charge in [-0.3, -0.25) is 9.79 Å². The van der Waals surface area contributed by atoms with Gasteiger partial charge in [-0.1, -0.05) is 6.42 Å². The first-order valence-electron chi connectivity index (χ1n) is 6.17. The predicted molar refractivity (Wildman–Crippen MR) is 71.4 cm³/mol. The first-order chi connectivity index (χ1) is 8.81. The molecule has 0 amide bonds. The highest BCUT2D eigenvalue weighted by Gasteiger charge is 2.49. The van der Waals surface area contributed by atoms with E-state index in [9.17, 15) is 9.90 Å². The number of carboxylic acids is 1. The molecule has 0 saturated carbocycles. The average Bonchev–Trinajstić information content (AvgIpc) is 2.67. The molecule has 8 nitrogen and oxygen atoms in total. The number of guanidine groups is 1. The summed E-state index contributed by atoms with van der Waals surface area (Å²) in [6.07, 6.45) is 1.18. The quantitative estimate of drug-likeness (QED) is 0.219. The van der Waals surface area contributed by atoms with E-state index in [0.29, 0.717) is 19.4 Å². The molecule has 0 aliphatic carbocycles. The lowest BCUT2D eigenvalue weighted by Crippen LogP contribution is -2.55. The minimum Gasteiger partial charge on any atom is -0.480 e. The fraction of sp³-hybridized carbons (Fsp3) is 0.800. The van der Waals surface area contributed by atoms with Crippen molar-refractivity contribution in [2.45, 2.75) is 24.7 Å². The van der Waals surface area contributed by atoms with Gasteiger partial charge in [-0.05, 0) is 12.7 Å². The first kappa shape index (κ1) is 15.7. The fourth-order valence-corrected chi connectivity index (χ4v) is 2.39. The van der Waals surface area contributed by atoms with Gasteiger partial charge in [-0.25, -0.2) is 0 Å². The Morgan fingerprint density at radius 1 is 1.58 bits per heavy atom. The Labute approximate surface area is 112 Å². The number of nitrogens with two attached hydrogens (primary N) is 2. The molecular formula is C10H21BN4O4. The number of carboxylic acid groups (broad SMARTS) is 1. The summed E-state index contributed by atoms with van der Waals surface area (Å²) in [5, 5.41) is 26.9. The van der Waals surface area contributed by atoms with E-state index in [1.807, 2.05) is 0 Å². The van der Waals surface area contributed by atoms with Gasteiger partial charge in [-0.15, -0.1) is 0 Å². The number of hydrogen-bond donors (Lipinski definition) is 5. The molecule has 1 fully saturated rings. The van der Waals surface area contributed by atoms with Crippen LogP contribution in [0.5, 0.6) is 0 Å². The molecule has 2 unspecified atom stereocenters. The molecule has 0 radical (unpaired) electrons. The molecule has 0 aromatic heterocycles. The molecule has 7 N–H and O–H groups in total. The van der Waals surface area contributed by atoms with Crippen LogP contribution in [0.4, 0.5) is 0 Å². The van der Waals surface area contributed by atoms with Gasteiger partial charge in [0.25, 0.3) is 0 Å². The van der Waals surface area contributed by atoms with Crippen LogP contribution in [0, 0.1) is 5.92 Å². The van der Waals surface area contributed by atoms with Crippen LogP contribution in [0.25, 0.3) is 0 Å². The highest BCUT2D eigenvalue weighted by molar-refractivity contribution is 6.40. The molecule has 2 atom stereocenters. The smallest absolute Gasteiger partial charge is 0.451 e. The lowest BCUT2D eigenvalue weighted by atomic mass is 9.78. The lowest BCUT2D eigenvalue weighted by molar-refractivity contribution is -0.144. The highest BCUT2D eigenvalue weighted by Crippen LogP contribution is 2.30. The Morgan fingerprint density at radius 3 is 2.68 bits per heavy atom. The molecule has 0 bridgehead atoms. The molecule has 0 spiro atoms. The zero-order chi connectivity index (χ0) is 14.6. The zero-order valence-electron chi connectivity index (χ0n) is 11.0. The van der Waals surface area contributed by atoms with E-state index in [1.165, 1.54) is 7.05 Å². The molecule has 1 heterocycles. The predicted octanol–water partition coefficient (Wildman–Crippen LogP) is -2.10. The van der Waals surface area contributed by atoms with Crippen molar-refractivity contribution in [3.05, 3.63) is 0 Å². The Hall–Kier alpha value is -1.32. The Morgan fingerprint density at radius 2 is 2.21 bits per heavy atom. The SMILES string of the molecule is CN=C(N)N1CC(CCCB(O)O)C(N)(C(=O)O)C1. The topological polar surface area (TPSA) is 145 Å². The van der Waals surface area contributed by atoms with E-state index in [1.54, 1.807) is 4.90 Å². The lowest BCUT2D eigenvalue weighted by Gasteiger charge is -2.25. The van der Waals surface area contributed by atoms with Gasteiger partial charge in [0.1, 0.15) is 5.54 Å². The number of aliphatic carboxylic acids is 1. The number of hydrogen-bond acceptors (Lipinski definition) is 5. The highest BCUT2D eigenvalue weighted by atomic mass is 16.4. The van der Waals surface area contributed by atoms with E-state index < -0.39 is 18.6 Å². The summed E-state index contributed by atoms with van der Waals surface area (Å²) in [5.41, 5.74) is 10.3. The standard InChI is InChI=1S/C10H21BN4O4/c1-14-9(12)15-5-7(3-2-4-11(18)19)10(13,6-15)8(16)17/h7,18-19H,2-6,13H2,1H3,(H2,12,14)(H,16,17). The maximum atomic E-state index is 11.4. The van der Waals surface area contributed by atoms with Crippen LogP contribution < -0.4 is 11.5 Å². The first-order valence-corrected chi connectivity index (χ1v) is 6.17. The second kappa shape index (κ2) is 6.22. The second-order valence-electron chi connectivity index (χ2n) is 4.92. The molecular weight excluding hydrogens is 251 g/mol. The van der Waals surface area contributed by atoms with Gasteiger partial charge >= 0.3 is 13.1 Å². The molecule has 1 saturated heterocycles. The number of aliphatic imine (C=N–C) groups is 1. The van der Waals surface area contributed by atoms with Crippen LogP contribution >= 0.6 is 0 Å². The van der Waals surface area contributed by atoms with Crippen molar-refractivity contribution in [1.82, 2.24) is 4.90 Å². The van der Waals surface area contributed by atoms with E-state index in [-0.39, 0.29) is 24.7 Å². The Balaban J connectivity index is 2.73. The van der Waals surface area contributed by atoms with Gasteiger partial charge < -0.3 is 31.5 Å². The summed E-state index contributed by atoms with van der Waals surface area (Å²) in [7, 11) is 0.154. The monoisotopic (exact) mass is 272 g/mol. The zero-order valence-corrected chi connectivity index (χ0v) is 11.0. The second-order valence-corrected chi connectivity index (χ2v) is 4.92. The van der Waals surface area contributed by atoms with E-state index in [2.05, 4.69) is 4.99 Å². The molecule has 0 aromatic rings. The van der Waals surface area contributed by atoms with Crippen LogP contribution in [0.1, 0.15) is 12.8 Å². The van der Waals surface area contributed by atoms with Crippen LogP contribution in [-0.2, 0) is 4.79 Å². The van der Waals surface area contributed by atoms with Crippen molar-refractivity contribution in [3.63, 3.8) is 0 Å². The Kier molecular flexibility index (Phi) is 5.15. The fourth-order valence-electron chi connectivity index (χ4n) is 2.39. The van der Waals surface area contributed by atoms with Crippen molar-refractivity contribution >= 4 is 19.0 Å². The summed E-state index contributed by atoms with van der Waals surface area (Å²) < 4.78 is 0. The van der Waals surface area contributed by atoms with Gasteiger partial charge in [0.2, 0.25) is 0 Å². The number of nitrogens with zero attached hydrogens (tertiary/aromatic N) is 2. The number of likely N-dealkylation sites (tertiary alicyclic amines) is 1. The molecule has 1 rings (SSSR count). The van der Waals surface area contributed by atoms with E-state index in [4.69, 9.17) is 21.5 Å². The summed E-state index contributed by atoms with van der Waals surface area (Å²) >= 11 is 0. The van der Waals surface area contributed by atoms with Crippen molar-refractivity contribution in [2.75, 3.05) is 20.1 Å². The number of rotatable bonds is 5. The molecule has 1 aliphatic rings. The summed E-state index contributed by atoms with van der Waals surface area (Å²) in [5.74, 6) is -1.11. The van der Waals surface area contributed by atoms with Crippen LogP contribution in [0.2, 0.25) is 6.32 Å². The third-order valence-corrected chi connectivity index (χ3v) is 3.59. The van der Waals surface area contributed by atoms with Crippen LogP contribution in [-0.4, -0.2) is 64.8 Å². The maximum Gasteiger partial charge on any atom is 0.451 e. The molecule has 108 valence electrons. The molecule has 9 heteroatoms. The average molecular weight is 272 g/mol. The normalized spacial score (nSPS) is 27.7. The third kappa shape index (κ3) is 3.58.